The van der Waals surface area contributed by atoms with Gasteiger partial charge in [-0.05, 0) is 11.1 Å². The standard InChI is InChI=1S/C4H4F4N6/c5-3(6,1-11-13-9)4(7,8)2-12-14-10/h1-2H2. The second-order valence-electron chi connectivity index (χ2n) is 2.19. The first-order valence-corrected chi connectivity index (χ1v) is 3.15. The summed E-state index contributed by atoms with van der Waals surface area (Å²) < 4.78 is 50.1. The lowest BCUT2D eigenvalue weighted by Gasteiger charge is -2.23. The lowest BCUT2D eigenvalue weighted by atomic mass is 10.2. The van der Waals surface area contributed by atoms with E-state index in [0.717, 1.165) is 0 Å². The van der Waals surface area contributed by atoms with Gasteiger partial charge < -0.3 is 0 Å². The van der Waals surface area contributed by atoms with E-state index < -0.39 is 24.9 Å². The maximum absolute atomic E-state index is 12.5. The lowest BCUT2D eigenvalue weighted by molar-refractivity contribution is -0.195. The molecule has 10 heteroatoms. The minimum Gasteiger partial charge on any atom is -0.200 e. The minimum absolute atomic E-state index is 1.68. The Bertz CT molecular complexity index is 258. The molecule has 0 aliphatic carbocycles. The topological polar surface area (TPSA) is 97.5 Å². The first kappa shape index (κ1) is 12.3. The molecule has 0 aliphatic heterocycles. The highest BCUT2D eigenvalue weighted by Crippen LogP contribution is 2.34. The highest BCUT2D eigenvalue weighted by molar-refractivity contribution is 4.88. The van der Waals surface area contributed by atoms with Crippen molar-refractivity contribution in [3.8, 4) is 0 Å². The Labute approximate surface area is 74.8 Å². The molecule has 0 rings (SSSR count). The van der Waals surface area contributed by atoms with Crippen LogP contribution in [0.2, 0.25) is 0 Å². The Kier molecular flexibility index (Phi) is 4.00. The van der Waals surface area contributed by atoms with E-state index in [2.05, 4.69) is 10.2 Å². The molecular weight excluding hydrogens is 208 g/mol. The van der Waals surface area contributed by atoms with Crippen molar-refractivity contribution in [2.75, 3.05) is 13.1 Å². The third kappa shape index (κ3) is 3.00. The van der Waals surface area contributed by atoms with Crippen LogP contribution in [0.25, 0.3) is 20.9 Å². The van der Waals surface area contributed by atoms with Gasteiger partial charge in [0.05, 0.1) is 13.1 Å². The van der Waals surface area contributed by atoms with E-state index in [0.29, 0.717) is 0 Å². The van der Waals surface area contributed by atoms with Crippen molar-refractivity contribution >= 4 is 0 Å². The van der Waals surface area contributed by atoms with E-state index in [4.69, 9.17) is 11.1 Å². The zero-order chi connectivity index (χ0) is 11.2. The van der Waals surface area contributed by atoms with Crippen LogP contribution in [0.4, 0.5) is 17.6 Å². The van der Waals surface area contributed by atoms with Crippen LogP contribution in [0.15, 0.2) is 10.2 Å². The number of nitrogens with zero attached hydrogens (tertiary/aromatic N) is 6. The first-order valence-electron chi connectivity index (χ1n) is 3.15. The molecule has 0 aromatic carbocycles. The van der Waals surface area contributed by atoms with Gasteiger partial charge in [-0.15, -0.1) is 0 Å². The molecule has 0 aromatic heterocycles. The Hall–Kier alpha value is -1.66. The van der Waals surface area contributed by atoms with Gasteiger partial charge >= 0.3 is 11.8 Å². The molecule has 0 saturated heterocycles. The van der Waals surface area contributed by atoms with E-state index in [1.165, 1.54) is 0 Å². The predicted octanol–water partition coefficient (Wildman–Crippen LogP) is 2.88. The molecule has 0 bridgehead atoms. The van der Waals surface area contributed by atoms with Crippen LogP contribution in [-0.2, 0) is 0 Å². The van der Waals surface area contributed by atoms with Crippen molar-refractivity contribution in [1.82, 2.24) is 0 Å². The van der Waals surface area contributed by atoms with Crippen molar-refractivity contribution in [2.45, 2.75) is 11.8 Å². The Morgan fingerprint density at radius 1 is 0.857 bits per heavy atom. The molecule has 0 amide bonds. The number of hydrogen-bond donors (Lipinski definition) is 0. The molecule has 78 valence electrons. The van der Waals surface area contributed by atoms with E-state index in [1.54, 1.807) is 0 Å². The summed E-state index contributed by atoms with van der Waals surface area (Å²) in [5.41, 5.74) is 15.3. The van der Waals surface area contributed by atoms with Gasteiger partial charge in [0.25, 0.3) is 0 Å². The molecule has 0 aliphatic rings. The Morgan fingerprint density at radius 3 is 1.36 bits per heavy atom. The quantitative estimate of drug-likeness (QED) is 0.289. The number of halogens is 4. The maximum Gasteiger partial charge on any atom is 0.316 e. The largest absolute Gasteiger partial charge is 0.316 e. The number of rotatable bonds is 5. The van der Waals surface area contributed by atoms with Gasteiger partial charge in [0.1, 0.15) is 0 Å². The highest BCUT2D eigenvalue weighted by atomic mass is 19.3. The van der Waals surface area contributed by atoms with Crippen LogP contribution in [0.5, 0.6) is 0 Å². The second-order valence-corrected chi connectivity index (χ2v) is 2.19. The molecule has 14 heavy (non-hydrogen) atoms. The van der Waals surface area contributed by atoms with E-state index in [-0.39, 0.29) is 0 Å². The third-order valence-corrected chi connectivity index (χ3v) is 1.20. The fourth-order valence-electron chi connectivity index (χ4n) is 0.472. The van der Waals surface area contributed by atoms with Crippen molar-refractivity contribution in [3.05, 3.63) is 20.9 Å². The SMILES string of the molecule is [N-]=[N+]=NCC(F)(F)C(F)(F)CN=[N+]=[N-]. The fourth-order valence-corrected chi connectivity index (χ4v) is 0.472. The molecule has 0 aromatic rings. The molecule has 0 N–H and O–H groups in total. The van der Waals surface area contributed by atoms with Crippen LogP contribution in [-0.4, -0.2) is 24.9 Å². The van der Waals surface area contributed by atoms with E-state index in [1.807, 2.05) is 9.82 Å². The zero-order valence-corrected chi connectivity index (χ0v) is 6.61. The summed E-state index contributed by atoms with van der Waals surface area (Å²) in [7, 11) is 0. The first-order chi connectivity index (χ1) is 6.37. The molecule has 0 atom stereocenters. The summed E-state index contributed by atoms with van der Waals surface area (Å²) in [5, 5.41) is 4.67. The maximum atomic E-state index is 12.5. The molecular formula is C4H4F4N6. The average molecular weight is 212 g/mol. The van der Waals surface area contributed by atoms with Crippen LogP contribution < -0.4 is 0 Å². The van der Waals surface area contributed by atoms with Gasteiger partial charge in [-0.2, -0.15) is 17.6 Å². The molecule has 0 heterocycles. The van der Waals surface area contributed by atoms with Crippen LogP contribution in [0.3, 0.4) is 0 Å². The van der Waals surface area contributed by atoms with Gasteiger partial charge in [0.15, 0.2) is 0 Å². The summed E-state index contributed by atoms with van der Waals surface area (Å²) in [6.07, 6.45) is 0. The molecule has 0 unspecified atom stereocenters. The van der Waals surface area contributed by atoms with E-state index >= 15 is 0 Å². The second kappa shape index (κ2) is 4.54. The van der Waals surface area contributed by atoms with Crippen LogP contribution >= 0.6 is 0 Å². The number of azide groups is 2. The summed E-state index contributed by atoms with van der Waals surface area (Å²) in [6, 6.07) is 0. The van der Waals surface area contributed by atoms with E-state index in [9.17, 15) is 17.6 Å². The molecule has 0 spiro atoms. The summed E-state index contributed by atoms with van der Waals surface area (Å²) in [6.45, 7) is -3.37. The summed E-state index contributed by atoms with van der Waals surface area (Å²) in [4.78, 5) is 3.85. The van der Waals surface area contributed by atoms with Crippen molar-refractivity contribution in [1.29, 1.82) is 0 Å². The van der Waals surface area contributed by atoms with Crippen molar-refractivity contribution in [3.63, 3.8) is 0 Å². The fraction of sp³-hybridized carbons (Fsp3) is 1.00. The Balaban J connectivity index is 4.65. The van der Waals surface area contributed by atoms with Crippen molar-refractivity contribution < 1.29 is 17.6 Å². The predicted molar refractivity (Wildman–Crippen MR) is 37.9 cm³/mol. The summed E-state index contributed by atoms with van der Waals surface area (Å²) >= 11 is 0. The normalized spacial score (nSPS) is 11.4. The average Bonchev–Trinajstić information content (AvgIpc) is 2.11. The zero-order valence-electron chi connectivity index (χ0n) is 6.61. The molecule has 0 saturated carbocycles. The highest BCUT2D eigenvalue weighted by Gasteiger charge is 2.54. The van der Waals surface area contributed by atoms with Gasteiger partial charge in [-0.25, -0.2) is 0 Å². The minimum atomic E-state index is -4.52. The number of hydrogen-bond acceptors (Lipinski definition) is 2. The molecule has 6 nitrogen and oxygen atoms in total. The van der Waals surface area contributed by atoms with Crippen LogP contribution in [0.1, 0.15) is 0 Å². The molecule has 0 radical (unpaired) electrons. The van der Waals surface area contributed by atoms with Gasteiger partial charge in [0.2, 0.25) is 0 Å². The monoisotopic (exact) mass is 212 g/mol. The molecule has 0 fully saturated rings. The third-order valence-electron chi connectivity index (χ3n) is 1.20. The van der Waals surface area contributed by atoms with Gasteiger partial charge in [-0.1, -0.05) is 10.2 Å². The van der Waals surface area contributed by atoms with Crippen LogP contribution in [0, 0.1) is 0 Å². The number of alkyl halides is 4. The van der Waals surface area contributed by atoms with Gasteiger partial charge in [-0.3, -0.25) is 0 Å². The Morgan fingerprint density at radius 2 is 1.14 bits per heavy atom. The van der Waals surface area contributed by atoms with Gasteiger partial charge in [0, 0.05) is 9.82 Å². The lowest BCUT2D eigenvalue weighted by Crippen LogP contribution is -2.45. The van der Waals surface area contributed by atoms with Crippen molar-refractivity contribution in [2.24, 2.45) is 10.2 Å². The smallest absolute Gasteiger partial charge is 0.200 e. The summed E-state index contributed by atoms with van der Waals surface area (Å²) in [5.74, 6) is -9.04.